The van der Waals surface area contributed by atoms with Crippen LogP contribution in [0.4, 0.5) is 0 Å². The molecule has 0 unspecified atom stereocenters. The highest BCUT2D eigenvalue weighted by molar-refractivity contribution is 5.85. The highest BCUT2D eigenvalue weighted by Crippen LogP contribution is 2.06. The van der Waals surface area contributed by atoms with E-state index in [2.05, 4.69) is 29.6 Å². The molecule has 130 valence electrons. The molecule has 24 heavy (non-hydrogen) atoms. The molecule has 3 nitrogen and oxygen atoms in total. The van der Waals surface area contributed by atoms with E-state index in [1.165, 1.54) is 5.56 Å². The van der Waals surface area contributed by atoms with Gasteiger partial charge in [0.05, 0.1) is 6.04 Å². The first kappa shape index (κ1) is 20.2. The van der Waals surface area contributed by atoms with Gasteiger partial charge < -0.3 is 11.1 Å². The molecule has 1 amide bonds. The summed E-state index contributed by atoms with van der Waals surface area (Å²) in [6.45, 7) is 0.704. The topological polar surface area (TPSA) is 55.1 Å². The lowest BCUT2D eigenvalue weighted by Gasteiger charge is -2.12. The normalized spacial score (nSPS) is 11.4. The maximum absolute atomic E-state index is 12.0. The Balaban J connectivity index is 0.00000288. The first-order chi connectivity index (χ1) is 11.3. The Labute approximate surface area is 151 Å². The minimum absolute atomic E-state index is 0. The van der Waals surface area contributed by atoms with Crippen LogP contribution in [0.1, 0.15) is 30.4 Å². The third-order valence-electron chi connectivity index (χ3n) is 3.92. The van der Waals surface area contributed by atoms with Crippen molar-refractivity contribution < 1.29 is 4.79 Å². The molecule has 0 fully saturated rings. The van der Waals surface area contributed by atoms with Crippen LogP contribution in [-0.4, -0.2) is 18.5 Å². The molecule has 0 aromatic heterocycles. The van der Waals surface area contributed by atoms with Crippen molar-refractivity contribution in [3.63, 3.8) is 0 Å². The number of hydrogen-bond acceptors (Lipinski definition) is 2. The van der Waals surface area contributed by atoms with E-state index in [0.717, 1.165) is 31.2 Å². The van der Waals surface area contributed by atoms with Crippen molar-refractivity contribution in [1.82, 2.24) is 5.32 Å². The number of hydrogen-bond donors (Lipinski definition) is 2. The number of rotatable bonds is 9. The highest BCUT2D eigenvalue weighted by atomic mass is 35.5. The zero-order valence-electron chi connectivity index (χ0n) is 14.0. The first-order valence-corrected chi connectivity index (χ1v) is 8.37. The summed E-state index contributed by atoms with van der Waals surface area (Å²) in [6, 6.07) is 19.9. The molecular formula is C20H27ClN2O. The van der Waals surface area contributed by atoms with E-state index in [0.29, 0.717) is 13.0 Å². The second-order valence-corrected chi connectivity index (χ2v) is 5.88. The van der Waals surface area contributed by atoms with Crippen LogP contribution in [-0.2, 0) is 17.6 Å². The Morgan fingerprint density at radius 1 is 0.875 bits per heavy atom. The summed E-state index contributed by atoms with van der Waals surface area (Å²) in [4.78, 5) is 12.0. The average molecular weight is 347 g/mol. The van der Waals surface area contributed by atoms with E-state index >= 15 is 0 Å². The molecular weight excluding hydrogens is 320 g/mol. The first-order valence-electron chi connectivity index (χ1n) is 8.37. The number of carbonyl (C=O) groups is 1. The minimum Gasteiger partial charge on any atom is -0.355 e. The second-order valence-electron chi connectivity index (χ2n) is 5.88. The summed E-state index contributed by atoms with van der Waals surface area (Å²) in [5.41, 5.74) is 8.43. The second kappa shape index (κ2) is 11.7. The summed E-state index contributed by atoms with van der Waals surface area (Å²) in [5.74, 6) is -0.0584. The maximum Gasteiger partial charge on any atom is 0.237 e. The molecule has 0 aliphatic heterocycles. The fourth-order valence-corrected chi connectivity index (χ4v) is 2.58. The number of nitrogens with two attached hydrogens (primary N) is 1. The predicted octanol–water partition coefficient (Wildman–Crippen LogP) is 3.51. The largest absolute Gasteiger partial charge is 0.355 e. The Morgan fingerprint density at radius 3 is 2.08 bits per heavy atom. The van der Waals surface area contributed by atoms with Gasteiger partial charge in [0.25, 0.3) is 0 Å². The Bertz CT molecular complexity index is 575. The molecule has 4 heteroatoms. The van der Waals surface area contributed by atoms with Crippen LogP contribution >= 0.6 is 12.4 Å². The molecule has 2 rings (SSSR count). The lowest BCUT2D eigenvalue weighted by Crippen LogP contribution is -2.42. The summed E-state index contributed by atoms with van der Waals surface area (Å²) < 4.78 is 0. The number of carbonyl (C=O) groups excluding carboxylic acids is 1. The number of aryl methyl sites for hydroxylation is 1. The molecule has 3 N–H and O–H groups in total. The van der Waals surface area contributed by atoms with Crippen molar-refractivity contribution >= 4 is 18.3 Å². The van der Waals surface area contributed by atoms with Gasteiger partial charge in [-0.15, -0.1) is 12.4 Å². The van der Waals surface area contributed by atoms with Crippen LogP contribution in [0.2, 0.25) is 0 Å². The SMILES string of the molecule is Cl.N[C@@H](Cc1ccccc1)C(=O)NCCCCCc1ccccc1. The quantitative estimate of drug-likeness (QED) is 0.683. The smallest absolute Gasteiger partial charge is 0.237 e. The molecule has 0 spiro atoms. The van der Waals surface area contributed by atoms with Crippen molar-refractivity contribution in [2.24, 2.45) is 5.73 Å². The number of unbranched alkanes of at least 4 members (excludes halogenated alkanes) is 2. The van der Waals surface area contributed by atoms with Crippen molar-refractivity contribution in [2.45, 2.75) is 38.1 Å². The van der Waals surface area contributed by atoms with Gasteiger partial charge in [-0.1, -0.05) is 67.1 Å². The third-order valence-corrected chi connectivity index (χ3v) is 3.92. The number of halogens is 1. The van der Waals surface area contributed by atoms with Gasteiger partial charge in [0, 0.05) is 6.54 Å². The van der Waals surface area contributed by atoms with Gasteiger partial charge in [-0.2, -0.15) is 0 Å². The molecule has 0 saturated carbocycles. The van der Waals surface area contributed by atoms with Crippen LogP contribution < -0.4 is 11.1 Å². The summed E-state index contributed by atoms with van der Waals surface area (Å²) in [6.07, 6.45) is 4.94. The summed E-state index contributed by atoms with van der Waals surface area (Å²) in [5, 5.41) is 2.94. The minimum atomic E-state index is -0.471. The van der Waals surface area contributed by atoms with E-state index < -0.39 is 6.04 Å². The van der Waals surface area contributed by atoms with Crippen molar-refractivity contribution in [3.05, 3.63) is 71.8 Å². The summed E-state index contributed by atoms with van der Waals surface area (Å²) >= 11 is 0. The van der Waals surface area contributed by atoms with Crippen LogP contribution in [0, 0.1) is 0 Å². The lowest BCUT2D eigenvalue weighted by atomic mass is 10.1. The number of nitrogens with one attached hydrogen (secondary N) is 1. The van der Waals surface area contributed by atoms with E-state index in [-0.39, 0.29) is 18.3 Å². The highest BCUT2D eigenvalue weighted by Gasteiger charge is 2.12. The lowest BCUT2D eigenvalue weighted by molar-refractivity contribution is -0.122. The zero-order chi connectivity index (χ0) is 16.3. The average Bonchev–Trinajstić information content (AvgIpc) is 2.59. The maximum atomic E-state index is 12.0. The van der Waals surface area contributed by atoms with E-state index in [1.54, 1.807) is 0 Å². The van der Waals surface area contributed by atoms with Gasteiger partial charge in [0.1, 0.15) is 0 Å². The van der Waals surface area contributed by atoms with Gasteiger partial charge in [-0.05, 0) is 36.8 Å². The van der Waals surface area contributed by atoms with Crippen LogP contribution in [0.15, 0.2) is 60.7 Å². The predicted molar refractivity (Wildman–Crippen MR) is 102 cm³/mol. The number of amides is 1. The van der Waals surface area contributed by atoms with Gasteiger partial charge >= 0.3 is 0 Å². The van der Waals surface area contributed by atoms with Crippen LogP contribution in [0.5, 0.6) is 0 Å². The molecule has 0 aliphatic rings. The molecule has 2 aromatic carbocycles. The fourth-order valence-electron chi connectivity index (χ4n) is 2.58. The monoisotopic (exact) mass is 346 g/mol. The summed E-state index contributed by atoms with van der Waals surface area (Å²) in [7, 11) is 0. The van der Waals surface area contributed by atoms with Crippen LogP contribution in [0.3, 0.4) is 0 Å². The van der Waals surface area contributed by atoms with E-state index in [4.69, 9.17) is 5.73 Å². The van der Waals surface area contributed by atoms with Crippen molar-refractivity contribution in [2.75, 3.05) is 6.54 Å². The molecule has 0 saturated heterocycles. The number of benzene rings is 2. The van der Waals surface area contributed by atoms with Crippen LogP contribution in [0.25, 0.3) is 0 Å². The molecule has 1 atom stereocenters. The zero-order valence-corrected chi connectivity index (χ0v) is 14.8. The standard InChI is InChI=1S/C20H26N2O.ClH/c21-19(16-18-13-6-2-7-14-18)20(23)22-15-9-3-8-12-17-10-4-1-5-11-17;/h1-2,4-7,10-11,13-14,19H,3,8-9,12,15-16,21H2,(H,22,23);1H/t19-;/m0./s1. The molecule has 0 bridgehead atoms. The third kappa shape index (κ3) is 7.62. The van der Waals surface area contributed by atoms with Gasteiger partial charge in [0.2, 0.25) is 5.91 Å². The van der Waals surface area contributed by atoms with E-state index in [9.17, 15) is 4.79 Å². The molecule has 0 radical (unpaired) electrons. The Kier molecular flexibility index (Phi) is 9.81. The molecule has 2 aromatic rings. The van der Waals surface area contributed by atoms with E-state index in [1.807, 2.05) is 36.4 Å². The Hall–Kier alpha value is -1.84. The van der Waals surface area contributed by atoms with Gasteiger partial charge in [-0.3, -0.25) is 4.79 Å². The van der Waals surface area contributed by atoms with Crippen molar-refractivity contribution in [3.8, 4) is 0 Å². The Morgan fingerprint density at radius 2 is 1.46 bits per heavy atom. The van der Waals surface area contributed by atoms with Gasteiger partial charge in [-0.25, -0.2) is 0 Å². The van der Waals surface area contributed by atoms with Crippen molar-refractivity contribution in [1.29, 1.82) is 0 Å². The fraction of sp³-hybridized carbons (Fsp3) is 0.350. The van der Waals surface area contributed by atoms with Gasteiger partial charge in [0.15, 0.2) is 0 Å². The molecule has 0 heterocycles. The molecule has 0 aliphatic carbocycles.